The second-order valence-corrected chi connectivity index (χ2v) is 8.56. The lowest BCUT2D eigenvalue weighted by atomic mass is 9.78. The molecule has 1 saturated heterocycles. The lowest BCUT2D eigenvalue weighted by molar-refractivity contribution is -0.137. The van der Waals surface area contributed by atoms with E-state index in [1.165, 1.54) is 20.1 Å². The number of aromatic nitrogens is 1. The average Bonchev–Trinajstić information content (AvgIpc) is 2.77. The van der Waals surface area contributed by atoms with Crippen molar-refractivity contribution in [3.05, 3.63) is 28.9 Å². The molecule has 0 aromatic carbocycles. The lowest BCUT2D eigenvalue weighted by Crippen LogP contribution is -2.41. The molecule has 1 aliphatic heterocycles. The molecule has 0 spiro atoms. The first-order valence-electron chi connectivity index (χ1n) is 8.57. The highest BCUT2D eigenvalue weighted by atomic mass is 32.2. The van der Waals surface area contributed by atoms with Crippen LogP contribution in [0.5, 0.6) is 5.88 Å². The van der Waals surface area contributed by atoms with E-state index in [0.717, 1.165) is 24.0 Å². The van der Waals surface area contributed by atoms with Crippen LogP contribution in [0.15, 0.2) is 17.7 Å². The first-order chi connectivity index (χ1) is 12.8. The number of thioether (sulfide) groups is 1. The van der Waals surface area contributed by atoms with Gasteiger partial charge in [-0.3, -0.25) is 4.79 Å². The van der Waals surface area contributed by atoms with Gasteiger partial charge in [-0.25, -0.2) is 4.98 Å². The Morgan fingerprint density at radius 2 is 1.86 bits per heavy atom. The number of hydrogen-bond donors (Lipinski definition) is 0. The summed E-state index contributed by atoms with van der Waals surface area (Å²) in [4.78, 5) is 15.2. The van der Waals surface area contributed by atoms with E-state index < -0.39 is 30.1 Å². The molecule has 1 fully saturated rings. The number of ether oxygens (including phenoxy) is 1. The van der Waals surface area contributed by atoms with E-state index in [4.69, 9.17) is 14.0 Å². The summed E-state index contributed by atoms with van der Waals surface area (Å²) in [5.74, 6) is 0.237. The molecule has 0 aliphatic carbocycles. The number of rotatable bonds is 5. The molecule has 5 nitrogen and oxygen atoms in total. The lowest BCUT2D eigenvalue weighted by Gasteiger charge is -2.32. The second kappa shape index (κ2) is 8.08. The smallest absolute Gasteiger partial charge is 0.481 e. The van der Waals surface area contributed by atoms with Gasteiger partial charge in [0.1, 0.15) is 0 Å². The molecule has 10 heteroatoms. The Hall–Kier alpha value is -1.52. The van der Waals surface area contributed by atoms with Crippen molar-refractivity contribution in [3.63, 3.8) is 0 Å². The third-order valence-corrected chi connectivity index (χ3v) is 5.62. The maximum absolute atomic E-state index is 13.1. The number of hydrogen-bond acceptors (Lipinski definition) is 6. The molecular formula is C18H23BF3NO4S. The van der Waals surface area contributed by atoms with Crippen molar-refractivity contribution in [1.29, 1.82) is 0 Å². The Labute approximate surface area is 167 Å². The molecule has 2 rings (SSSR count). The van der Waals surface area contributed by atoms with E-state index in [9.17, 15) is 18.0 Å². The number of nitrogens with zero attached hydrogens (tertiary/aromatic N) is 1. The van der Waals surface area contributed by atoms with Crippen LogP contribution < -0.4 is 4.74 Å². The summed E-state index contributed by atoms with van der Waals surface area (Å²) in [6.45, 7) is 8.90. The average molecular weight is 417 g/mol. The first kappa shape index (κ1) is 22.8. The Bertz CT molecular complexity index is 765. The van der Waals surface area contributed by atoms with Gasteiger partial charge in [0.2, 0.25) is 5.88 Å². The fraction of sp³-hybridized carbons (Fsp3) is 0.556. The van der Waals surface area contributed by atoms with Crippen molar-refractivity contribution >= 4 is 30.1 Å². The zero-order valence-corrected chi connectivity index (χ0v) is 17.5. The van der Waals surface area contributed by atoms with E-state index in [-0.39, 0.29) is 22.3 Å². The minimum Gasteiger partial charge on any atom is -0.481 e. The van der Waals surface area contributed by atoms with Crippen LogP contribution in [-0.2, 0) is 20.3 Å². The second-order valence-electron chi connectivity index (χ2n) is 7.41. The van der Waals surface area contributed by atoms with E-state index in [1.54, 1.807) is 0 Å². The summed E-state index contributed by atoms with van der Waals surface area (Å²) in [7, 11) is 0.516. The SMILES string of the molecule is COc1ncc(C(F)(F)F)cc1C=C(CSC(C)=O)B1OC(C)(C)C(C)(C)O1. The van der Waals surface area contributed by atoms with E-state index in [0.29, 0.717) is 5.47 Å². The highest BCUT2D eigenvalue weighted by molar-refractivity contribution is 8.13. The summed E-state index contributed by atoms with van der Waals surface area (Å²) in [6.07, 6.45) is -2.34. The van der Waals surface area contributed by atoms with Gasteiger partial charge in [-0.2, -0.15) is 13.2 Å². The maximum Gasteiger partial charge on any atom is 0.491 e. The van der Waals surface area contributed by atoms with Crippen molar-refractivity contribution in [2.45, 2.75) is 52.0 Å². The number of pyridine rings is 1. The van der Waals surface area contributed by atoms with Crippen LogP contribution in [0.4, 0.5) is 13.2 Å². The van der Waals surface area contributed by atoms with Crippen molar-refractivity contribution in [2.75, 3.05) is 12.9 Å². The molecule has 28 heavy (non-hydrogen) atoms. The zero-order valence-electron chi connectivity index (χ0n) is 16.6. The largest absolute Gasteiger partial charge is 0.491 e. The van der Waals surface area contributed by atoms with Gasteiger partial charge in [-0.1, -0.05) is 17.8 Å². The summed E-state index contributed by atoms with van der Waals surface area (Å²) in [6, 6.07) is 0.954. The molecular weight excluding hydrogens is 394 g/mol. The van der Waals surface area contributed by atoms with Crippen molar-refractivity contribution in [2.24, 2.45) is 0 Å². The molecule has 0 amide bonds. The van der Waals surface area contributed by atoms with Crippen LogP contribution in [0.1, 0.15) is 45.7 Å². The Morgan fingerprint density at radius 3 is 2.32 bits per heavy atom. The number of alkyl halides is 3. The van der Waals surface area contributed by atoms with Gasteiger partial charge in [-0.05, 0) is 39.2 Å². The molecule has 0 N–H and O–H groups in total. The number of carbonyl (C=O) groups is 1. The molecule has 0 bridgehead atoms. The van der Waals surface area contributed by atoms with Crippen LogP contribution in [0.3, 0.4) is 0 Å². The van der Waals surface area contributed by atoms with Crippen LogP contribution in [0.25, 0.3) is 6.08 Å². The standard InChI is InChI=1S/C18H23BF3NO4S/c1-11(24)28-10-14(19-26-16(2,3)17(4,5)27-19)8-12-7-13(18(20,21)22)9-23-15(12)25-6/h7-9H,10H2,1-6H3. The molecule has 1 aromatic heterocycles. The molecule has 1 aromatic rings. The van der Waals surface area contributed by atoms with Gasteiger partial charge in [0.15, 0.2) is 5.12 Å². The molecule has 2 heterocycles. The van der Waals surface area contributed by atoms with Gasteiger partial charge >= 0.3 is 13.3 Å². The van der Waals surface area contributed by atoms with Crippen molar-refractivity contribution in [3.8, 4) is 5.88 Å². The van der Waals surface area contributed by atoms with E-state index >= 15 is 0 Å². The summed E-state index contributed by atoms with van der Waals surface area (Å²) < 4.78 is 56.4. The maximum atomic E-state index is 13.1. The number of methoxy groups -OCH3 is 1. The van der Waals surface area contributed by atoms with E-state index in [2.05, 4.69) is 4.98 Å². The van der Waals surface area contributed by atoms with E-state index in [1.807, 2.05) is 27.7 Å². The predicted molar refractivity (Wildman–Crippen MR) is 103 cm³/mol. The van der Waals surface area contributed by atoms with Crippen LogP contribution in [0.2, 0.25) is 0 Å². The quantitative estimate of drug-likeness (QED) is 0.662. The van der Waals surface area contributed by atoms with Crippen LogP contribution >= 0.6 is 11.8 Å². The summed E-state index contributed by atoms with van der Waals surface area (Å²) >= 11 is 1.02. The molecule has 0 saturated carbocycles. The highest BCUT2D eigenvalue weighted by Gasteiger charge is 2.52. The molecule has 0 unspecified atom stereocenters. The monoisotopic (exact) mass is 417 g/mol. The molecule has 0 atom stereocenters. The zero-order chi connectivity index (χ0) is 21.3. The third-order valence-electron chi connectivity index (χ3n) is 4.74. The third kappa shape index (κ3) is 5.09. The Kier molecular flexibility index (Phi) is 6.57. The minimum absolute atomic E-state index is 0.0369. The molecule has 154 valence electrons. The van der Waals surface area contributed by atoms with Crippen LogP contribution in [0, 0.1) is 0 Å². The first-order valence-corrected chi connectivity index (χ1v) is 9.56. The van der Waals surface area contributed by atoms with Gasteiger partial charge in [0.05, 0.1) is 23.9 Å². The molecule has 1 aliphatic rings. The number of carbonyl (C=O) groups excluding carboxylic acids is 1. The fourth-order valence-corrected chi connectivity index (χ4v) is 3.04. The van der Waals surface area contributed by atoms with Crippen molar-refractivity contribution in [1.82, 2.24) is 4.98 Å². The van der Waals surface area contributed by atoms with Gasteiger partial charge in [0.25, 0.3) is 0 Å². The van der Waals surface area contributed by atoms with Crippen molar-refractivity contribution < 1.29 is 32.0 Å². The topological polar surface area (TPSA) is 57.7 Å². The van der Waals surface area contributed by atoms with Crippen LogP contribution in [-0.4, -0.2) is 41.3 Å². The number of halogens is 3. The summed E-state index contributed by atoms with van der Waals surface area (Å²) in [5.41, 5.74) is -1.52. The normalized spacial score (nSPS) is 19.0. The fourth-order valence-electron chi connectivity index (χ4n) is 2.46. The van der Waals surface area contributed by atoms with Gasteiger partial charge < -0.3 is 14.0 Å². The predicted octanol–water partition coefficient (Wildman–Crippen LogP) is 4.40. The minimum atomic E-state index is -4.54. The van der Waals surface area contributed by atoms with Gasteiger partial charge in [0, 0.05) is 24.4 Å². The summed E-state index contributed by atoms with van der Waals surface area (Å²) in [5, 5.41) is -0.128. The Balaban J connectivity index is 2.49. The Morgan fingerprint density at radius 1 is 1.29 bits per heavy atom. The molecule has 0 radical (unpaired) electrons. The highest BCUT2D eigenvalue weighted by Crippen LogP contribution is 2.40. The van der Waals surface area contributed by atoms with Gasteiger partial charge in [-0.15, -0.1) is 0 Å².